The smallest absolute Gasteiger partial charge is 0.322 e. The van der Waals surface area contributed by atoms with Gasteiger partial charge in [0.05, 0.1) is 7.11 Å². The number of aryl methyl sites for hydroxylation is 1. The Balaban J connectivity index is 2.14. The second-order valence-electron chi connectivity index (χ2n) is 4.34. The van der Waals surface area contributed by atoms with Crippen molar-refractivity contribution in [1.82, 2.24) is 10.6 Å². The van der Waals surface area contributed by atoms with Crippen molar-refractivity contribution in [2.24, 2.45) is 0 Å². The van der Waals surface area contributed by atoms with Gasteiger partial charge >= 0.3 is 6.03 Å². The van der Waals surface area contributed by atoms with Crippen LogP contribution < -0.4 is 15.4 Å². The van der Waals surface area contributed by atoms with Crippen LogP contribution in [0.3, 0.4) is 0 Å². The van der Waals surface area contributed by atoms with Gasteiger partial charge in [-0.05, 0) is 36.1 Å². The van der Waals surface area contributed by atoms with Crippen molar-refractivity contribution in [3.63, 3.8) is 0 Å². The lowest BCUT2D eigenvalue weighted by atomic mass is 9.92. The van der Waals surface area contributed by atoms with E-state index in [0.29, 0.717) is 12.2 Å². The monoisotopic (exact) mass is 232 g/mol. The predicted molar refractivity (Wildman–Crippen MR) is 59.7 cm³/mol. The standard InChI is InChI=1S/C12H12N2O3/c1-17-8-3-2-7-4-5-12(9(7)6-8)10(15)13-11(16)14-12/h2-3,6H,4-5H2,1H3,(H2,13,14,15,16)/t12-/m0/s1. The van der Waals surface area contributed by atoms with Gasteiger partial charge in [-0.25, -0.2) is 4.79 Å². The second kappa shape index (κ2) is 3.23. The summed E-state index contributed by atoms with van der Waals surface area (Å²) in [7, 11) is 1.58. The van der Waals surface area contributed by atoms with Gasteiger partial charge in [0.25, 0.3) is 5.91 Å². The summed E-state index contributed by atoms with van der Waals surface area (Å²) in [4.78, 5) is 23.2. The maximum atomic E-state index is 11.9. The topological polar surface area (TPSA) is 67.4 Å². The summed E-state index contributed by atoms with van der Waals surface area (Å²) in [6.45, 7) is 0. The summed E-state index contributed by atoms with van der Waals surface area (Å²) in [5, 5.41) is 5.03. The lowest BCUT2D eigenvalue weighted by Crippen LogP contribution is -2.41. The lowest BCUT2D eigenvalue weighted by molar-refractivity contribution is -0.124. The number of imide groups is 1. The molecule has 5 heteroatoms. The van der Waals surface area contributed by atoms with Gasteiger partial charge in [-0.3, -0.25) is 10.1 Å². The quantitative estimate of drug-likeness (QED) is 0.699. The van der Waals surface area contributed by atoms with E-state index in [1.54, 1.807) is 7.11 Å². The van der Waals surface area contributed by atoms with Crippen molar-refractivity contribution in [2.75, 3.05) is 7.11 Å². The Hall–Kier alpha value is -2.04. The van der Waals surface area contributed by atoms with Gasteiger partial charge in [0.1, 0.15) is 11.3 Å². The zero-order valence-corrected chi connectivity index (χ0v) is 9.37. The largest absolute Gasteiger partial charge is 0.497 e. The number of methoxy groups -OCH3 is 1. The first-order chi connectivity index (χ1) is 8.15. The highest BCUT2D eigenvalue weighted by Crippen LogP contribution is 2.40. The molecule has 88 valence electrons. The van der Waals surface area contributed by atoms with E-state index in [4.69, 9.17) is 4.74 Å². The van der Waals surface area contributed by atoms with Crippen LogP contribution >= 0.6 is 0 Å². The van der Waals surface area contributed by atoms with E-state index in [9.17, 15) is 9.59 Å². The number of urea groups is 1. The maximum absolute atomic E-state index is 11.9. The Morgan fingerprint density at radius 3 is 2.82 bits per heavy atom. The average Bonchev–Trinajstić information content (AvgIpc) is 2.82. The molecular weight excluding hydrogens is 220 g/mol. The molecule has 1 atom stereocenters. The van der Waals surface area contributed by atoms with Crippen molar-refractivity contribution >= 4 is 11.9 Å². The minimum atomic E-state index is -0.888. The van der Waals surface area contributed by atoms with Crippen LogP contribution in [0.25, 0.3) is 0 Å². The highest BCUT2D eigenvalue weighted by atomic mass is 16.5. The van der Waals surface area contributed by atoms with Crippen LogP contribution in [0.15, 0.2) is 18.2 Å². The van der Waals surface area contributed by atoms with Crippen molar-refractivity contribution in [1.29, 1.82) is 0 Å². The lowest BCUT2D eigenvalue weighted by Gasteiger charge is -2.21. The number of hydrogen-bond donors (Lipinski definition) is 2. The zero-order chi connectivity index (χ0) is 12.0. The van der Waals surface area contributed by atoms with E-state index >= 15 is 0 Å². The summed E-state index contributed by atoms with van der Waals surface area (Å²) in [6, 6.07) is 5.21. The van der Waals surface area contributed by atoms with Gasteiger partial charge in [0, 0.05) is 0 Å². The Bertz CT molecular complexity index is 526. The van der Waals surface area contributed by atoms with Crippen LogP contribution in [-0.4, -0.2) is 19.0 Å². The van der Waals surface area contributed by atoms with E-state index in [1.165, 1.54) is 0 Å². The SMILES string of the molecule is COc1ccc2c(c1)[C@]1(CC2)NC(=O)NC1=O. The molecular formula is C12H12N2O3. The second-order valence-corrected chi connectivity index (χ2v) is 4.34. The summed E-state index contributed by atoms with van der Waals surface area (Å²) in [5.74, 6) is 0.425. The Morgan fingerprint density at radius 2 is 2.18 bits per heavy atom. The molecule has 1 spiro atoms. The number of fused-ring (bicyclic) bond motifs is 2. The Morgan fingerprint density at radius 1 is 1.35 bits per heavy atom. The van der Waals surface area contributed by atoms with Crippen LogP contribution in [0.2, 0.25) is 0 Å². The third-order valence-electron chi connectivity index (χ3n) is 3.49. The van der Waals surface area contributed by atoms with Crippen molar-refractivity contribution in [3.05, 3.63) is 29.3 Å². The third kappa shape index (κ3) is 1.25. The third-order valence-corrected chi connectivity index (χ3v) is 3.49. The molecule has 17 heavy (non-hydrogen) atoms. The van der Waals surface area contributed by atoms with Crippen LogP contribution in [0.5, 0.6) is 5.75 Å². The molecule has 1 saturated heterocycles. The van der Waals surface area contributed by atoms with Gasteiger partial charge < -0.3 is 10.1 Å². The molecule has 0 radical (unpaired) electrons. The van der Waals surface area contributed by atoms with Gasteiger partial charge in [0.2, 0.25) is 0 Å². The number of carbonyl (C=O) groups excluding carboxylic acids is 2. The summed E-state index contributed by atoms with van der Waals surface area (Å²) >= 11 is 0. The van der Waals surface area contributed by atoms with E-state index in [-0.39, 0.29) is 5.91 Å². The molecule has 1 aromatic carbocycles. The molecule has 5 nitrogen and oxygen atoms in total. The molecule has 0 unspecified atom stereocenters. The minimum Gasteiger partial charge on any atom is -0.497 e. The van der Waals surface area contributed by atoms with Crippen molar-refractivity contribution in [3.8, 4) is 5.75 Å². The summed E-state index contributed by atoms with van der Waals surface area (Å²) in [5.41, 5.74) is 1.05. The molecule has 3 amide bonds. The van der Waals surface area contributed by atoms with Gasteiger partial charge in [0.15, 0.2) is 0 Å². The fourth-order valence-corrected chi connectivity index (χ4v) is 2.61. The molecule has 0 bridgehead atoms. The number of rotatable bonds is 1. The molecule has 2 N–H and O–H groups in total. The number of amides is 3. The number of carbonyl (C=O) groups is 2. The van der Waals surface area contributed by atoms with E-state index < -0.39 is 11.6 Å². The predicted octanol–water partition coefficient (Wildman–Crippen LogP) is 0.676. The van der Waals surface area contributed by atoms with E-state index in [1.807, 2.05) is 18.2 Å². The summed E-state index contributed by atoms with van der Waals surface area (Å²) < 4.78 is 5.16. The Kier molecular flexibility index (Phi) is 1.92. The zero-order valence-electron chi connectivity index (χ0n) is 9.37. The number of ether oxygens (including phenoxy) is 1. The molecule has 1 fully saturated rings. The molecule has 3 rings (SSSR count). The summed E-state index contributed by atoms with van der Waals surface area (Å²) in [6.07, 6.45) is 1.39. The number of hydrogen-bond acceptors (Lipinski definition) is 3. The number of nitrogens with one attached hydrogen (secondary N) is 2. The van der Waals surface area contributed by atoms with E-state index in [0.717, 1.165) is 17.5 Å². The molecule has 1 aliphatic carbocycles. The molecule has 1 aliphatic heterocycles. The highest BCUT2D eigenvalue weighted by Gasteiger charge is 2.51. The van der Waals surface area contributed by atoms with E-state index in [2.05, 4.69) is 10.6 Å². The van der Waals surface area contributed by atoms with Crippen LogP contribution in [0, 0.1) is 0 Å². The van der Waals surface area contributed by atoms with Gasteiger partial charge in [-0.15, -0.1) is 0 Å². The van der Waals surface area contributed by atoms with Crippen LogP contribution in [-0.2, 0) is 16.8 Å². The Labute approximate surface area is 98.1 Å². The van der Waals surface area contributed by atoms with Gasteiger partial charge in [-0.2, -0.15) is 0 Å². The number of benzene rings is 1. The van der Waals surface area contributed by atoms with Gasteiger partial charge in [-0.1, -0.05) is 6.07 Å². The first kappa shape index (κ1) is 10.1. The molecule has 2 aliphatic rings. The van der Waals surface area contributed by atoms with Crippen LogP contribution in [0.1, 0.15) is 17.5 Å². The van der Waals surface area contributed by atoms with Crippen molar-refractivity contribution in [2.45, 2.75) is 18.4 Å². The normalized spacial score (nSPS) is 25.7. The molecule has 0 saturated carbocycles. The average molecular weight is 232 g/mol. The molecule has 1 heterocycles. The van der Waals surface area contributed by atoms with Crippen molar-refractivity contribution < 1.29 is 14.3 Å². The first-order valence-electron chi connectivity index (χ1n) is 5.47. The first-order valence-corrected chi connectivity index (χ1v) is 5.47. The fraction of sp³-hybridized carbons (Fsp3) is 0.333. The highest BCUT2D eigenvalue weighted by molar-refractivity contribution is 6.08. The minimum absolute atomic E-state index is 0.269. The van der Waals surface area contributed by atoms with Crippen LogP contribution in [0.4, 0.5) is 4.79 Å². The molecule has 1 aromatic rings. The molecule has 0 aromatic heterocycles. The fourth-order valence-electron chi connectivity index (χ4n) is 2.61. The maximum Gasteiger partial charge on any atom is 0.322 e.